The van der Waals surface area contributed by atoms with Gasteiger partial charge in [-0.05, 0) is 31.2 Å². The smallest absolute Gasteiger partial charge is 0.303 e. The molecule has 2 rings (SSSR count). The van der Waals surface area contributed by atoms with Gasteiger partial charge in [0.05, 0.1) is 5.41 Å². The van der Waals surface area contributed by atoms with Gasteiger partial charge in [-0.3, -0.25) is 9.59 Å². The Morgan fingerprint density at radius 1 is 1.40 bits per heavy atom. The molecule has 20 heavy (non-hydrogen) atoms. The van der Waals surface area contributed by atoms with Crippen LogP contribution in [0.3, 0.4) is 0 Å². The molecule has 1 saturated carbocycles. The summed E-state index contributed by atoms with van der Waals surface area (Å²) < 4.78 is 0. The number of carbonyl (C=O) groups is 2. The maximum absolute atomic E-state index is 12.4. The topological polar surface area (TPSA) is 66.4 Å². The fourth-order valence-corrected chi connectivity index (χ4v) is 2.52. The second-order valence-corrected chi connectivity index (χ2v) is 5.86. The Labute approximate surface area is 119 Å². The molecule has 1 aliphatic rings. The molecular formula is C16H21NO3. The summed E-state index contributed by atoms with van der Waals surface area (Å²) >= 11 is 0. The van der Waals surface area contributed by atoms with Crippen LogP contribution in [-0.4, -0.2) is 23.5 Å². The van der Waals surface area contributed by atoms with Crippen LogP contribution in [0.15, 0.2) is 24.3 Å². The molecule has 2 N–H and O–H groups in total. The zero-order valence-corrected chi connectivity index (χ0v) is 12.0. The van der Waals surface area contributed by atoms with E-state index in [0.29, 0.717) is 6.54 Å². The van der Waals surface area contributed by atoms with Gasteiger partial charge in [-0.15, -0.1) is 0 Å². The third-order valence-electron chi connectivity index (χ3n) is 3.89. The van der Waals surface area contributed by atoms with Crippen molar-refractivity contribution in [3.05, 3.63) is 35.4 Å². The lowest BCUT2D eigenvalue weighted by Gasteiger charge is -2.18. The standard InChI is InChI=1S/C16H21NO3/c1-11-4-3-5-13(8-11)16(6-7-16)15(20)17-10-12(2)9-14(18)19/h3-5,8,12H,6-7,9-10H2,1-2H3,(H,17,20)(H,18,19). The molecule has 4 nitrogen and oxygen atoms in total. The number of benzene rings is 1. The molecule has 1 fully saturated rings. The van der Waals surface area contributed by atoms with Gasteiger partial charge in [-0.25, -0.2) is 0 Å². The van der Waals surface area contributed by atoms with Gasteiger partial charge >= 0.3 is 5.97 Å². The van der Waals surface area contributed by atoms with Gasteiger partial charge in [0.1, 0.15) is 0 Å². The lowest BCUT2D eigenvalue weighted by molar-refractivity contribution is -0.138. The van der Waals surface area contributed by atoms with Crippen LogP contribution < -0.4 is 5.32 Å². The molecule has 0 heterocycles. The molecule has 1 amide bonds. The van der Waals surface area contributed by atoms with E-state index < -0.39 is 5.97 Å². The first-order valence-corrected chi connectivity index (χ1v) is 7.01. The summed E-state index contributed by atoms with van der Waals surface area (Å²) in [6.07, 6.45) is 1.82. The van der Waals surface area contributed by atoms with Crippen LogP contribution in [0.5, 0.6) is 0 Å². The Morgan fingerprint density at radius 2 is 2.10 bits per heavy atom. The van der Waals surface area contributed by atoms with Crippen LogP contribution in [0.2, 0.25) is 0 Å². The van der Waals surface area contributed by atoms with Crippen LogP contribution in [-0.2, 0) is 15.0 Å². The van der Waals surface area contributed by atoms with Crippen molar-refractivity contribution in [1.82, 2.24) is 5.32 Å². The maximum atomic E-state index is 12.4. The average molecular weight is 275 g/mol. The van der Waals surface area contributed by atoms with E-state index in [-0.39, 0.29) is 23.7 Å². The van der Waals surface area contributed by atoms with Crippen molar-refractivity contribution in [3.63, 3.8) is 0 Å². The predicted octanol–water partition coefficient (Wildman–Crippen LogP) is 2.25. The summed E-state index contributed by atoms with van der Waals surface area (Å²) in [7, 11) is 0. The second kappa shape index (κ2) is 5.65. The van der Waals surface area contributed by atoms with Crippen LogP contribution >= 0.6 is 0 Å². The average Bonchev–Trinajstić information content (AvgIpc) is 3.16. The summed E-state index contributed by atoms with van der Waals surface area (Å²) in [6.45, 7) is 4.27. The third kappa shape index (κ3) is 3.18. The zero-order chi connectivity index (χ0) is 14.8. The fourth-order valence-electron chi connectivity index (χ4n) is 2.52. The molecule has 1 unspecified atom stereocenters. The van der Waals surface area contributed by atoms with Gasteiger partial charge in [0.2, 0.25) is 5.91 Å². The molecule has 0 saturated heterocycles. The van der Waals surface area contributed by atoms with Crippen molar-refractivity contribution < 1.29 is 14.7 Å². The number of carboxylic acids is 1. The van der Waals surface area contributed by atoms with E-state index in [4.69, 9.17) is 5.11 Å². The van der Waals surface area contributed by atoms with Crippen molar-refractivity contribution in [2.24, 2.45) is 5.92 Å². The second-order valence-electron chi connectivity index (χ2n) is 5.86. The zero-order valence-electron chi connectivity index (χ0n) is 12.0. The summed E-state index contributed by atoms with van der Waals surface area (Å²) in [5.41, 5.74) is 1.84. The monoisotopic (exact) mass is 275 g/mol. The minimum atomic E-state index is -0.827. The van der Waals surface area contributed by atoms with E-state index in [0.717, 1.165) is 24.0 Å². The highest BCUT2D eigenvalue weighted by molar-refractivity contribution is 5.91. The van der Waals surface area contributed by atoms with Crippen molar-refractivity contribution in [2.45, 2.75) is 38.5 Å². The molecule has 0 radical (unpaired) electrons. The predicted molar refractivity (Wildman–Crippen MR) is 76.5 cm³/mol. The molecule has 1 aromatic carbocycles. The molecule has 1 atom stereocenters. The normalized spacial score (nSPS) is 17.3. The quantitative estimate of drug-likeness (QED) is 0.837. The SMILES string of the molecule is Cc1cccc(C2(C(=O)NCC(C)CC(=O)O)CC2)c1. The molecule has 0 spiro atoms. The van der Waals surface area contributed by atoms with E-state index in [1.807, 2.05) is 32.0 Å². The molecule has 108 valence electrons. The minimum absolute atomic E-state index is 0.0281. The van der Waals surface area contributed by atoms with Gasteiger partial charge in [-0.2, -0.15) is 0 Å². The van der Waals surface area contributed by atoms with Crippen molar-refractivity contribution in [2.75, 3.05) is 6.54 Å². The highest BCUT2D eigenvalue weighted by Gasteiger charge is 2.51. The Hall–Kier alpha value is -1.84. The Bertz CT molecular complexity index is 520. The summed E-state index contributed by atoms with van der Waals surface area (Å²) in [6, 6.07) is 8.06. The number of rotatable bonds is 6. The number of hydrogen-bond acceptors (Lipinski definition) is 2. The summed E-state index contributed by atoms with van der Waals surface area (Å²) in [5, 5.41) is 11.6. The first-order chi connectivity index (χ1) is 9.44. The van der Waals surface area contributed by atoms with E-state index in [9.17, 15) is 9.59 Å². The number of amides is 1. The van der Waals surface area contributed by atoms with Crippen molar-refractivity contribution >= 4 is 11.9 Å². The fraction of sp³-hybridized carbons (Fsp3) is 0.500. The van der Waals surface area contributed by atoms with Gasteiger partial charge in [0, 0.05) is 13.0 Å². The third-order valence-corrected chi connectivity index (χ3v) is 3.89. The number of aryl methyl sites for hydroxylation is 1. The lowest BCUT2D eigenvalue weighted by Crippen LogP contribution is -2.37. The van der Waals surface area contributed by atoms with Gasteiger partial charge < -0.3 is 10.4 Å². The maximum Gasteiger partial charge on any atom is 0.303 e. The largest absolute Gasteiger partial charge is 0.481 e. The van der Waals surface area contributed by atoms with Crippen LogP contribution in [0.4, 0.5) is 0 Å². The van der Waals surface area contributed by atoms with Crippen LogP contribution in [0, 0.1) is 12.8 Å². The number of aliphatic carboxylic acids is 1. The number of hydrogen-bond donors (Lipinski definition) is 2. The van der Waals surface area contributed by atoms with E-state index in [1.54, 1.807) is 0 Å². The highest BCUT2D eigenvalue weighted by atomic mass is 16.4. The molecular weight excluding hydrogens is 254 g/mol. The number of carboxylic acid groups (broad SMARTS) is 1. The lowest BCUT2D eigenvalue weighted by atomic mass is 9.93. The Morgan fingerprint density at radius 3 is 2.65 bits per heavy atom. The van der Waals surface area contributed by atoms with Crippen molar-refractivity contribution in [1.29, 1.82) is 0 Å². The Balaban J connectivity index is 1.97. The first-order valence-electron chi connectivity index (χ1n) is 7.01. The molecule has 4 heteroatoms. The molecule has 0 bridgehead atoms. The molecule has 0 aliphatic heterocycles. The Kier molecular flexibility index (Phi) is 4.12. The van der Waals surface area contributed by atoms with Gasteiger partial charge in [-0.1, -0.05) is 36.8 Å². The number of carbonyl (C=O) groups excluding carboxylic acids is 1. The molecule has 1 aromatic rings. The minimum Gasteiger partial charge on any atom is -0.481 e. The van der Waals surface area contributed by atoms with E-state index in [2.05, 4.69) is 11.4 Å². The molecule has 1 aliphatic carbocycles. The van der Waals surface area contributed by atoms with E-state index in [1.165, 1.54) is 0 Å². The summed E-state index contributed by atoms with van der Waals surface area (Å²) in [5.74, 6) is -0.850. The van der Waals surface area contributed by atoms with E-state index >= 15 is 0 Å². The van der Waals surface area contributed by atoms with Crippen molar-refractivity contribution in [3.8, 4) is 0 Å². The van der Waals surface area contributed by atoms with Crippen LogP contribution in [0.1, 0.15) is 37.3 Å². The molecule has 0 aromatic heterocycles. The highest BCUT2D eigenvalue weighted by Crippen LogP contribution is 2.48. The summed E-state index contributed by atoms with van der Waals surface area (Å²) in [4.78, 5) is 23.0. The van der Waals surface area contributed by atoms with Gasteiger partial charge in [0.25, 0.3) is 0 Å². The number of nitrogens with one attached hydrogen (secondary N) is 1. The van der Waals surface area contributed by atoms with Gasteiger partial charge in [0.15, 0.2) is 0 Å². The van der Waals surface area contributed by atoms with Crippen LogP contribution in [0.25, 0.3) is 0 Å². The first kappa shape index (κ1) is 14.6.